The number of aromatic nitrogens is 2. The Hall–Kier alpha value is -2.69. The van der Waals surface area contributed by atoms with E-state index in [0.717, 1.165) is 16.7 Å². The molecule has 0 bridgehead atoms. The van der Waals surface area contributed by atoms with E-state index in [1.54, 1.807) is 19.1 Å². The molecule has 0 fully saturated rings. The number of carbonyl (C=O) groups is 1. The average molecular weight is 340 g/mol. The molecule has 0 saturated carbocycles. The Labute approximate surface area is 147 Å². The van der Waals surface area contributed by atoms with Crippen LogP contribution in [0.4, 0.5) is 0 Å². The van der Waals surface area contributed by atoms with E-state index in [2.05, 4.69) is 4.98 Å². The summed E-state index contributed by atoms with van der Waals surface area (Å²) < 4.78 is 1.35. The van der Waals surface area contributed by atoms with Gasteiger partial charge < -0.3 is 0 Å². The normalized spacial score (nSPS) is 10.6. The highest BCUT2D eigenvalue weighted by atomic mass is 16.2. The number of nitrogens with one attached hydrogen (secondary N) is 1. The molecule has 0 aliphatic heterocycles. The van der Waals surface area contributed by atoms with Gasteiger partial charge in [-0.1, -0.05) is 35.8 Å². The Morgan fingerprint density at radius 1 is 1.12 bits per heavy atom. The minimum Gasteiger partial charge on any atom is -0.287 e. The Morgan fingerprint density at radius 2 is 1.72 bits per heavy atom. The number of carbonyl (C=O) groups excluding carboxylic acids is 1. The molecule has 0 aliphatic carbocycles. The minimum atomic E-state index is -0.563. The molecule has 2 rings (SSSR count). The van der Waals surface area contributed by atoms with Crippen molar-refractivity contribution >= 4 is 5.78 Å². The van der Waals surface area contributed by atoms with Gasteiger partial charge in [0.2, 0.25) is 5.78 Å². The molecule has 0 saturated heterocycles. The van der Waals surface area contributed by atoms with Crippen LogP contribution in [0.2, 0.25) is 0 Å². The first-order chi connectivity index (χ1) is 11.7. The van der Waals surface area contributed by atoms with Crippen molar-refractivity contribution in [3.63, 3.8) is 0 Å². The molecular formula is C20H24N2O3. The van der Waals surface area contributed by atoms with Crippen molar-refractivity contribution in [3.05, 3.63) is 78.6 Å². The summed E-state index contributed by atoms with van der Waals surface area (Å²) in [5.74, 6) is -0.297. The lowest BCUT2D eigenvalue weighted by Crippen LogP contribution is -2.37. The van der Waals surface area contributed by atoms with Gasteiger partial charge in [0.25, 0.3) is 5.56 Å². The number of benzene rings is 1. The SMILES string of the molecule is CCc1c(C(=O)c2cc(C)cc(C)c2)n(CC=C(C)C)c(=O)[nH]c1=O. The van der Waals surface area contributed by atoms with E-state index in [1.165, 1.54) is 4.57 Å². The van der Waals surface area contributed by atoms with Gasteiger partial charge in [0.1, 0.15) is 5.69 Å². The molecule has 1 aromatic carbocycles. The zero-order valence-corrected chi connectivity index (χ0v) is 15.4. The summed E-state index contributed by atoms with van der Waals surface area (Å²) in [5.41, 5.74) is 2.91. The van der Waals surface area contributed by atoms with Gasteiger partial charge in [0.05, 0.1) is 0 Å². The molecule has 1 heterocycles. The van der Waals surface area contributed by atoms with Gasteiger partial charge in [-0.3, -0.25) is 19.1 Å². The molecule has 0 atom stereocenters. The van der Waals surface area contributed by atoms with Crippen molar-refractivity contribution in [3.8, 4) is 0 Å². The highest BCUT2D eigenvalue weighted by molar-refractivity contribution is 6.09. The van der Waals surface area contributed by atoms with E-state index >= 15 is 0 Å². The van der Waals surface area contributed by atoms with Crippen molar-refractivity contribution in [2.24, 2.45) is 0 Å². The van der Waals surface area contributed by atoms with Crippen molar-refractivity contribution in [2.45, 2.75) is 47.6 Å². The average Bonchev–Trinajstić information content (AvgIpc) is 2.51. The van der Waals surface area contributed by atoms with Crippen LogP contribution in [-0.2, 0) is 13.0 Å². The van der Waals surface area contributed by atoms with Gasteiger partial charge >= 0.3 is 5.69 Å². The second-order valence-electron chi connectivity index (χ2n) is 6.54. The van der Waals surface area contributed by atoms with Gasteiger partial charge in [-0.05, 0) is 46.2 Å². The van der Waals surface area contributed by atoms with Crippen LogP contribution in [0.1, 0.15) is 53.5 Å². The molecule has 0 spiro atoms. The number of nitrogens with zero attached hydrogens (tertiary/aromatic N) is 1. The number of aromatic amines is 1. The van der Waals surface area contributed by atoms with Crippen LogP contribution < -0.4 is 11.2 Å². The second kappa shape index (κ2) is 7.47. The summed E-state index contributed by atoms with van der Waals surface area (Å²) in [5, 5.41) is 0. The fraction of sp³-hybridized carbons (Fsp3) is 0.350. The van der Waals surface area contributed by atoms with E-state index in [0.29, 0.717) is 17.5 Å². The molecule has 5 nitrogen and oxygen atoms in total. The standard InChI is InChI=1S/C20H24N2O3/c1-6-16-17(18(23)15-10-13(4)9-14(5)11-15)22(8-7-12(2)3)20(25)21-19(16)24/h7,9-11H,6,8H2,1-5H3,(H,21,24,25). The van der Waals surface area contributed by atoms with Gasteiger partial charge in [-0.2, -0.15) is 0 Å². The molecule has 1 aromatic heterocycles. The minimum absolute atomic E-state index is 0.179. The lowest BCUT2D eigenvalue weighted by Gasteiger charge is -2.14. The van der Waals surface area contributed by atoms with E-state index in [-0.39, 0.29) is 18.0 Å². The van der Waals surface area contributed by atoms with Gasteiger partial charge in [0.15, 0.2) is 0 Å². The van der Waals surface area contributed by atoms with Crippen LogP contribution in [0.25, 0.3) is 0 Å². The van der Waals surface area contributed by atoms with E-state index in [4.69, 9.17) is 0 Å². The monoisotopic (exact) mass is 340 g/mol. The zero-order chi connectivity index (χ0) is 18.7. The molecular weight excluding hydrogens is 316 g/mol. The maximum Gasteiger partial charge on any atom is 0.329 e. The maximum absolute atomic E-state index is 13.2. The van der Waals surface area contributed by atoms with Gasteiger partial charge in [-0.15, -0.1) is 0 Å². The first-order valence-electron chi connectivity index (χ1n) is 8.37. The number of allylic oxidation sites excluding steroid dienone is 2. The summed E-state index contributed by atoms with van der Waals surface area (Å²) >= 11 is 0. The zero-order valence-electron chi connectivity index (χ0n) is 15.4. The number of rotatable bonds is 5. The fourth-order valence-electron chi connectivity index (χ4n) is 2.89. The third-order valence-electron chi connectivity index (χ3n) is 4.03. The maximum atomic E-state index is 13.2. The van der Waals surface area contributed by atoms with Crippen LogP contribution in [0.15, 0.2) is 39.4 Å². The van der Waals surface area contributed by atoms with E-state index < -0.39 is 11.2 Å². The van der Waals surface area contributed by atoms with E-state index in [1.807, 2.05) is 39.8 Å². The van der Waals surface area contributed by atoms with Gasteiger partial charge in [-0.25, -0.2) is 4.79 Å². The molecule has 1 N–H and O–H groups in total. The molecule has 2 aromatic rings. The van der Waals surface area contributed by atoms with Crippen molar-refractivity contribution < 1.29 is 4.79 Å². The van der Waals surface area contributed by atoms with Crippen LogP contribution in [-0.4, -0.2) is 15.3 Å². The number of H-pyrrole nitrogens is 1. The second-order valence-corrected chi connectivity index (χ2v) is 6.54. The summed E-state index contributed by atoms with van der Waals surface area (Å²) in [6, 6.07) is 5.54. The first-order valence-corrected chi connectivity index (χ1v) is 8.37. The van der Waals surface area contributed by atoms with Crippen LogP contribution >= 0.6 is 0 Å². The summed E-state index contributed by atoms with van der Waals surface area (Å²) in [6.07, 6.45) is 2.23. The van der Waals surface area contributed by atoms with Crippen molar-refractivity contribution in [1.82, 2.24) is 9.55 Å². The highest BCUT2D eigenvalue weighted by Crippen LogP contribution is 2.15. The molecule has 0 amide bonds. The van der Waals surface area contributed by atoms with E-state index in [9.17, 15) is 14.4 Å². The number of hydrogen-bond donors (Lipinski definition) is 1. The quantitative estimate of drug-likeness (QED) is 0.672. The van der Waals surface area contributed by atoms with Crippen LogP contribution in [0, 0.1) is 13.8 Å². The smallest absolute Gasteiger partial charge is 0.287 e. The largest absolute Gasteiger partial charge is 0.329 e. The highest BCUT2D eigenvalue weighted by Gasteiger charge is 2.21. The third-order valence-corrected chi connectivity index (χ3v) is 4.03. The molecule has 5 heteroatoms. The molecule has 0 unspecified atom stereocenters. The number of ketones is 1. The Morgan fingerprint density at radius 3 is 2.24 bits per heavy atom. The Kier molecular flexibility index (Phi) is 5.57. The van der Waals surface area contributed by atoms with Gasteiger partial charge in [0, 0.05) is 17.7 Å². The third kappa shape index (κ3) is 4.05. The molecule has 25 heavy (non-hydrogen) atoms. The summed E-state index contributed by atoms with van der Waals surface area (Å²) in [4.78, 5) is 40.0. The number of hydrogen-bond acceptors (Lipinski definition) is 3. The lowest BCUT2D eigenvalue weighted by molar-refractivity contribution is 0.102. The first kappa shape index (κ1) is 18.6. The summed E-state index contributed by atoms with van der Waals surface area (Å²) in [6.45, 7) is 9.72. The van der Waals surface area contributed by atoms with Crippen molar-refractivity contribution in [2.75, 3.05) is 0 Å². The molecule has 132 valence electrons. The molecule has 0 aliphatic rings. The predicted octanol–water partition coefficient (Wildman–Crippen LogP) is 2.91. The van der Waals surface area contributed by atoms with Crippen LogP contribution in [0.3, 0.4) is 0 Å². The van der Waals surface area contributed by atoms with Crippen LogP contribution in [0.5, 0.6) is 0 Å². The Balaban J connectivity index is 2.76. The fourth-order valence-corrected chi connectivity index (χ4v) is 2.89. The summed E-state index contributed by atoms with van der Waals surface area (Å²) in [7, 11) is 0. The number of aryl methyl sites for hydroxylation is 2. The predicted molar refractivity (Wildman–Crippen MR) is 99.5 cm³/mol. The lowest BCUT2D eigenvalue weighted by atomic mass is 9.99. The topological polar surface area (TPSA) is 71.9 Å². The van der Waals surface area contributed by atoms with Crippen molar-refractivity contribution in [1.29, 1.82) is 0 Å². The molecule has 0 radical (unpaired) electrons. The Bertz CT molecular complexity index is 938.